The number of nitrogens with zero attached hydrogens (tertiary/aromatic N) is 1. The molecular weight excluding hydrogens is 200 g/mol. The van der Waals surface area contributed by atoms with E-state index >= 15 is 0 Å². The first kappa shape index (κ1) is 10.3. The third kappa shape index (κ3) is 1.76. The van der Waals surface area contributed by atoms with Gasteiger partial charge >= 0.3 is 0 Å². The average Bonchev–Trinajstić information content (AvgIpc) is 2.97. The quantitative estimate of drug-likeness (QED) is 0.648. The summed E-state index contributed by atoms with van der Waals surface area (Å²) in [6.07, 6.45) is 1.60. The molecule has 14 heavy (non-hydrogen) atoms. The Morgan fingerprint density at radius 2 is 2.36 bits per heavy atom. The van der Waals surface area contributed by atoms with Crippen LogP contribution < -0.4 is 5.73 Å². The van der Waals surface area contributed by atoms with Gasteiger partial charge in [0.15, 0.2) is 0 Å². The molecule has 3 N–H and O–H groups in total. The molecule has 2 rings (SSSR count). The number of hydrogen-bond donors (Lipinski definition) is 2. The lowest BCUT2D eigenvalue weighted by atomic mass is 10.2. The molecule has 0 radical (unpaired) electrons. The van der Waals surface area contributed by atoms with Crippen molar-refractivity contribution >= 4 is 17.7 Å². The number of aliphatic hydroxyl groups is 1. The van der Waals surface area contributed by atoms with Crippen LogP contribution in [0.15, 0.2) is 0 Å². The zero-order chi connectivity index (χ0) is 10.2. The highest BCUT2D eigenvalue weighted by Crippen LogP contribution is 2.35. The minimum Gasteiger partial charge on any atom is -0.394 e. The number of carbonyl (C=O) groups is 1. The van der Waals surface area contributed by atoms with Crippen molar-refractivity contribution < 1.29 is 9.90 Å². The third-order valence-electron chi connectivity index (χ3n) is 2.91. The molecule has 1 atom stereocenters. The Kier molecular flexibility index (Phi) is 2.72. The molecular formula is C9H16N2O2S. The Bertz CT molecular complexity index is 243. The summed E-state index contributed by atoms with van der Waals surface area (Å²) >= 11 is 1.79. The molecule has 1 heterocycles. The standard InChI is InChI=1S/C9H16N2O2S/c10-9(1-2-9)8(13)11-3-4-14-6-7(11)5-12/h7,12H,1-6,10H2. The maximum atomic E-state index is 11.9. The van der Waals surface area contributed by atoms with Crippen LogP contribution in [0.3, 0.4) is 0 Å². The zero-order valence-electron chi connectivity index (χ0n) is 8.11. The summed E-state index contributed by atoms with van der Waals surface area (Å²) < 4.78 is 0. The maximum absolute atomic E-state index is 11.9. The van der Waals surface area contributed by atoms with Gasteiger partial charge in [-0.2, -0.15) is 11.8 Å². The van der Waals surface area contributed by atoms with Crippen molar-refractivity contribution in [2.75, 3.05) is 24.7 Å². The SMILES string of the molecule is NC1(C(=O)N2CCSCC2CO)CC1. The summed E-state index contributed by atoms with van der Waals surface area (Å²) in [5.41, 5.74) is 5.27. The van der Waals surface area contributed by atoms with Crippen LogP contribution >= 0.6 is 11.8 Å². The minimum atomic E-state index is -0.588. The van der Waals surface area contributed by atoms with Gasteiger partial charge in [-0.1, -0.05) is 0 Å². The Hall–Kier alpha value is -0.260. The van der Waals surface area contributed by atoms with Crippen LogP contribution in [-0.4, -0.2) is 52.2 Å². The van der Waals surface area contributed by atoms with Crippen molar-refractivity contribution in [2.45, 2.75) is 24.4 Å². The first-order chi connectivity index (χ1) is 6.67. The molecule has 5 heteroatoms. The summed E-state index contributed by atoms with van der Waals surface area (Å²) in [7, 11) is 0. The normalized spacial score (nSPS) is 30.1. The van der Waals surface area contributed by atoms with Gasteiger partial charge < -0.3 is 15.7 Å². The Morgan fingerprint density at radius 1 is 1.64 bits per heavy atom. The van der Waals surface area contributed by atoms with Crippen LogP contribution in [0, 0.1) is 0 Å². The van der Waals surface area contributed by atoms with Crippen molar-refractivity contribution in [3.63, 3.8) is 0 Å². The molecule has 1 saturated heterocycles. The Morgan fingerprint density at radius 3 is 2.93 bits per heavy atom. The molecule has 0 bridgehead atoms. The van der Waals surface area contributed by atoms with E-state index in [2.05, 4.69) is 0 Å². The lowest BCUT2D eigenvalue weighted by Gasteiger charge is -2.35. The molecule has 0 spiro atoms. The summed E-state index contributed by atoms with van der Waals surface area (Å²) in [6.45, 7) is 0.780. The van der Waals surface area contributed by atoms with E-state index in [0.717, 1.165) is 30.9 Å². The average molecular weight is 216 g/mol. The topological polar surface area (TPSA) is 66.6 Å². The molecule has 0 aromatic carbocycles. The third-order valence-corrected chi connectivity index (χ3v) is 4.01. The fraction of sp³-hybridized carbons (Fsp3) is 0.889. The van der Waals surface area contributed by atoms with Crippen LogP contribution in [0.25, 0.3) is 0 Å². The van der Waals surface area contributed by atoms with Gasteiger partial charge in [0.1, 0.15) is 0 Å². The van der Waals surface area contributed by atoms with E-state index in [-0.39, 0.29) is 18.6 Å². The van der Waals surface area contributed by atoms with Gasteiger partial charge in [0.05, 0.1) is 18.2 Å². The monoisotopic (exact) mass is 216 g/mol. The van der Waals surface area contributed by atoms with Crippen molar-refractivity contribution in [3.05, 3.63) is 0 Å². The van der Waals surface area contributed by atoms with Crippen LogP contribution in [0.2, 0.25) is 0 Å². The number of aliphatic hydroxyl groups excluding tert-OH is 1. The van der Waals surface area contributed by atoms with Gasteiger partial charge in [0, 0.05) is 18.1 Å². The van der Waals surface area contributed by atoms with E-state index in [9.17, 15) is 4.79 Å². The predicted octanol–water partition coefficient (Wildman–Crippen LogP) is -0.586. The predicted molar refractivity (Wildman–Crippen MR) is 56.1 cm³/mol. The molecule has 0 aromatic heterocycles. The number of nitrogens with two attached hydrogens (primary N) is 1. The van der Waals surface area contributed by atoms with Gasteiger partial charge in [0.2, 0.25) is 5.91 Å². The number of amides is 1. The highest BCUT2D eigenvalue weighted by Gasteiger charge is 2.49. The minimum absolute atomic E-state index is 0.0257. The van der Waals surface area contributed by atoms with E-state index < -0.39 is 5.54 Å². The molecule has 2 fully saturated rings. The van der Waals surface area contributed by atoms with Gasteiger partial charge in [-0.05, 0) is 12.8 Å². The Labute approximate surface area is 87.8 Å². The van der Waals surface area contributed by atoms with E-state index in [4.69, 9.17) is 10.8 Å². The van der Waals surface area contributed by atoms with Crippen LogP contribution in [-0.2, 0) is 4.79 Å². The van der Waals surface area contributed by atoms with Gasteiger partial charge in [-0.15, -0.1) is 0 Å². The van der Waals surface area contributed by atoms with E-state index in [0.29, 0.717) is 0 Å². The smallest absolute Gasteiger partial charge is 0.243 e. The molecule has 1 amide bonds. The van der Waals surface area contributed by atoms with Gasteiger partial charge in [-0.3, -0.25) is 4.79 Å². The molecule has 1 unspecified atom stereocenters. The van der Waals surface area contributed by atoms with Crippen LogP contribution in [0.5, 0.6) is 0 Å². The number of hydrogen-bond acceptors (Lipinski definition) is 4. The number of rotatable bonds is 2. The summed E-state index contributed by atoms with van der Waals surface area (Å²) in [5, 5.41) is 9.15. The second kappa shape index (κ2) is 3.72. The van der Waals surface area contributed by atoms with Gasteiger partial charge in [0.25, 0.3) is 0 Å². The van der Waals surface area contributed by atoms with Crippen molar-refractivity contribution in [2.24, 2.45) is 5.73 Å². The largest absolute Gasteiger partial charge is 0.394 e. The zero-order valence-corrected chi connectivity index (χ0v) is 8.92. The summed E-state index contributed by atoms with van der Waals surface area (Å²) in [5.74, 6) is 1.83. The van der Waals surface area contributed by atoms with Crippen molar-refractivity contribution in [1.29, 1.82) is 0 Å². The highest BCUT2D eigenvalue weighted by atomic mass is 32.2. The fourth-order valence-corrected chi connectivity index (χ4v) is 2.76. The molecule has 1 saturated carbocycles. The molecule has 2 aliphatic rings. The van der Waals surface area contributed by atoms with Gasteiger partial charge in [-0.25, -0.2) is 0 Å². The van der Waals surface area contributed by atoms with E-state index in [1.165, 1.54) is 0 Å². The van der Waals surface area contributed by atoms with E-state index in [1.807, 2.05) is 0 Å². The lowest BCUT2D eigenvalue weighted by Crippen LogP contribution is -2.54. The molecule has 1 aliphatic heterocycles. The number of thioether (sulfide) groups is 1. The molecule has 0 aromatic rings. The highest BCUT2D eigenvalue weighted by molar-refractivity contribution is 7.99. The van der Waals surface area contributed by atoms with Crippen molar-refractivity contribution in [3.8, 4) is 0 Å². The second-order valence-electron chi connectivity index (χ2n) is 4.07. The molecule has 1 aliphatic carbocycles. The fourth-order valence-electron chi connectivity index (χ4n) is 1.71. The lowest BCUT2D eigenvalue weighted by molar-refractivity contribution is -0.136. The summed E-state index contributed by atoms with van der Waals surface area (Å²) in [4.78, 5) is 13.7. The van der Waals surface area contributed by atoms with E-state index in [1.54, 1.807) is 16.7 Å². The first-order valence-electron chi connectivity index (χ1n) is 4.96. The van der Waals surface area contributed by atoms with Crippen LogP contribution in [0.1, 0.15) is 12.8 Å². The summed E-state index contributed by atoms with van der Waals surface area (Å²) in [6, 6.07) is -0.0257. The second-order valence-corrected chi connectivity index (χ2v) is 5.22. The first-order valence-corrected chi connectivity index (χ1v) is 6.11. The number of carbonyl (C=O) groups excluding carboxylic acids is 1. The maximum Gasteiger partial charge on any atom is 0.243 e. The Balaban J connectivity index is 2.03. The van der Waals surface area contributed by atoms with Crippen molar-refractivity contribution in [1.82, 2.24) is 4.90 Å². The van der Waals surface area contributed by atoms with Crippen LogP contribution in [0.4, 0.5) is 0 Å². The molecule has 80 valence electrons. The molecule has 4 nitrogen and oxygen atoms in total.